The van der Waals surface area contributed by atoms with Gasteiger partial charge in [-0.2, -0.15) is 0 Å². The first-order chi connectivity index (χ1) is 15.2. The summed E-state index contributed by atoms with van der Waals surface area (Å²) < 4.78 is 2.72. The molecule has 6 heteroatoms. The molecule has 2 heterocycles. The Labute approximate surface area is 189 Å². The molecule has 0 saturated heterocycles. The molecule has 0 aliphatic rings. The molecular formula is C26H35N3O3. The van der Waals surface area contributed by atoms with Gasteiger partial charge in [0, 0.05) is 30.9 Å². The van der Waals surface area contributed by atoms with Crippen LogP contribution in [-0.2, 0) is 13.6 Å². The van der Waals surface area contributed by atoms with Crippen molar-refractivity contribution >= 4 is 11.0 Å². The Morgan fingerprint density at radius 3 is 2.38 bits per heavy atom. The molecule has 0 saturated carbocycles. The Bertz CT molecular complexity index is 1220. The summed E-state index contributed by atoms with van der Waals surface area (Å²) >= 11 is 0. The second-order valence-electron chi connectivity index (χ2n) is 9.32. The number of aliphatic hydroxyl groups is 1. The summed E-state index contributed by atoms with van der Waals surface area (Å²) in [4.78, 5) is 31.1. The average molecular weight is 438 g/mol. The molecule has 0 aliphatic heterocycles. The number of aliphatic hydroxyl groups excluding tert-OH is 1. The SMILES string of the molecule is CCCCn1c(=O)c2c(C(O)CC(C)C)c(-c3ccccc3C(C)C)cnc2n(C)c1=O. The third-order valence-electron chi connectivity index (χ3n) is 6.03. The standard InChI is InChI=1S/C26H35N3O3/c1-7-8-13-29-25(31)23-22(21(30)14-16(2)3)20(15-27-24(23)28(6)26(29)32)19-12-10-9-11-18(19)17(4)5/h9-12,15-17,21,30H,7-8,13-14H2,1-6H3. The first-order valence-electron chi connectivity index (χ1n) is 11.6. The molecular weight excluding hydrogens is 402 g/mol. The minimum atomic E-state index is -0.847. The maximum Gasteiger partial charge on any atom is 0.332 e. The summed E-state index contributed by atoms with van der Waals surface area (Å²) in [6.45, 7) is 10.7. The van der Waals surface area contributed by atoms with Crippen molar-refractivity contribution in [3.63, 3.8) is 0 Å². The van der Waals surface area contributed by atoms with E-state index in [0.717, 1.165) is 29.5 Å². The Morgan fingerprint density at radius 2 is 1.75 bits per heavy atom. The minimum Gasteiger partial charge on any atom is -0.388 e. The van der Waals surface area contributed by atoms with Gasteiger partial charge in [-0.1, -0.05) is 65.3 Å². The number of rotatable bonds is 8. The van der Waals surface area contributed by atoms with Gasteiger partial charge in [-0.05, 0) is 35.8 Å². The second-order valence-corrected chi connectivity index (χ2v) is 9.32. The molecule has 0 amide bonds. The summed E-state index contributed by atoms with van der Waals surface area (Å²) in [5, 5.41) is 11.7. The van der Waals surface area contributed by atoms with E-state index in [9.17, 15) is 14.7 Å². The quantitative estimate of drug-likeness (QED) is 0.551. The van der Waals surface area contributed by atoms with E-state index in [4.69, 9.17) is 0 Å². The van der Waals surface area contributed by atoms with Gasteiger partial charge < -0.3 is 5.11 Å². The van der Waals surface area contributed by atoms with Crippen LogP contribution in [-0.4, -0.2) is 19.2 Å². The van der Waals surface area contributed by atoms with Gasteiger partial charge in [0.2, 0.25) is 0 Å². The Balaban J connectivity index is 2.47. The molecule has 1 aromatic carbocycles. The van der Waals surface area contributed by atoms with E-state index in [1.54, 1.807) is 13.2 Å². The highest BCUT2D eigenvalue weighted by atomic mass is 16.3. The molecule has 1 unspecified atom stereocenters. The lowest BCUT2D eigenvalue weighted by Crippen LogP contribution is -2.40. The lowest BCUT2D eigenvalue weighted by atomic mass is 9.87. The number of aryl methyl sites for hydroxylation is 1. The molecule has 1 atom stereocenters. The van der Waals surface area contributed by atoms with Crippen LogP contribution < -0.4 is 11.2 Å². The lowest BCUT2D eigenvalue weighted by molar-refractivity contribution is 0.153. The van der Waals surface area contributed by atoms with Gasteiger partial charge in [0.05, 0.1) is 11.5 Å². The van der Waals surface area contributed by atoms with Crippen LogP contribution in [0.1, 0.15) is 77.0 Å². The molecule has 3 rings (SSSR count). The molecule has 0 radical (unpaired) electrons. The summed E-state index contributed by atoms with van der Waals surface area (Å²) in [5.41, 5.74) is 2.99. The third kappa shape index (κ3) is 4.42. The van der Waals surface area contributed by atoms with Crippen molar-refractivity contribution in [3.8, 4) is 11.1 Å². The maximum atomic E-state index is 13.6. The maximum absolute atomic E-state index is 13.6. The van der Waals surface area contributed by atoms with E-state index < -0.39 is 6.10 Å². The summed E-state index contributed by atoms with van der Waals surface area (Å²) in [7, 11) is 1.64. The van der Waals surface area contributed by atoms with Crippen molar-refractivity contribution < 1.29 is 5.11 Å². The molecule has 6 nitrogen and oxygen atoms in total. The first kappa shape index (κ1) is 23.9. The number of benzene rings is 1. The Morgan fingerprint density at radius 1 is 1.06 bits per heavy atom. The fourth-order valence-electron chi connectivity index (χ4n) is 4.36. The van der Waals surface area contributed by atoms with Crippen LogP contribution in [0.4, 0.5) is 0 Å². The van der Waals surface area contributed by atoms with Gasteiger partial charge in [-0.25, -0.2) is 9.78 Å². The van der Waals surface area contributed by atoms with Crippen molar-refractivity contribution in [3.05, 3.63) is 62.4 Å². The van der Waals surface area contributed by atoms with Crippen molar-refractivity contribution in [2.75, 3.05) is 0 Å². The fraction of sp³-hybridized carbons (Fsp3) is 0.500. The van der Waals surface area contributed by atoms with E-state index in [2.05, 4.69) is 24.9 Å². The summed E-state index contributed by atoms with van der Waals surface area (Å²) in [6.07, 6.45) is 2.97. The number of aromatic nitrogens is 3. The Kier molecular flexibility index (Phi) is 7.34. The lowest BCUT2D eigenvalue weighted by Gasteiger charge is -2.22. The molecule has 0 spiro atoms. The summed E-state index contributed by atoms with van der Waals surface area (Å²) in [5.74, 6) is 0.495. The minimum absolute atomic E-state index is 0.233. The van der Waals surface area contributed by atoms with Crippen molar-refractivity contribution in [2.45, 2.75) is 72.4 Å². The number of unbranched alkanes of at least 4 members (excludes halogenated alkanes) is 1. The number of hydrogen-bond acceptors (Lipinski definition) is 4. The highest BCUT2D eigenvalue weighted by Crippen LogP contribution is 2.37. The van der Waals surface area contributed by atoms with Crippen LogP contribution in [0.25, 0.3) is 22.2 Å². The number of hydrogen-bond donors (Lipinski definition) is 1. The largest absolute Gasteiger partial charge is 0.388 e. The zero-order valence-electron chi connectivity index (χ0n) is 20.1. The molecule has 2 aromatic heterocycles. The van der Waals surface area contributed by atoms with Crippen LogP contribution in [0.15, 0.2) is 40.1 Å². The smallest absolute Gasteiger partial charge is 0.332 e. The van der Waals surface area contributed by atoms with Crippen molar-refractivity contribution in [1.29, 1.82) is 0 Å². The molecule has 0 aliphatic carbocycles. The highest BCUT2D eigenvalue weighted by molar-refractivity contribution is 5.87. The van der Waals surface area contributed by atoms with E-state index in [1.165, 1.54) is 9.13 Å². The van der Waals surface area contributed by atoms with Gasteiger partial charge >= 0.3 is 5.69 Å². The zero-order chi connectivity index (χ0) is 23.6. The van der Waals surface area contributed by atoms with Crippen LogP contribution in [0.5, 0.6) is 0 Å². The van der Waals surface area contributed by atoms with Gasteiger partial charge in [-0.3, -0.25) is 13.9 Å². The fourth-order valence-corrected chi connectivity index (χ4v) is 4.36. The third-order valence-corrected chi connectivity index (χ3v) is 6.03. The predicted octanol–water partition coefficient (Wildman–Crippen LogP) is 4.77. The number of fused-ring (bicyclic) bond motifs is 1. The molecule has 0 bridgehead atoms. The normalized spacial score (nSPS) is 12.8. The van der Waals surface area contributed by atoms with Crippen molar-refractivity contribution in [2.24, 2.45) is 13.0 Å². The molecule has 1 N–H and O–H groups in total. The van der Waals surface area contributed by atoms with E-state index in [-0.39, 0.29) is 23.1 Å². The highest BCUT2D eigenvalue weighted by Gasteiger charge is 2.25. The Hall–Kier alpha value is -2.73. The monoisotopic (exact) mass is 437 g/mol. The molecule has 32 heavy (non-hydrogen) atoms. The second kappa shape index (κ2) is 9.82. The van der Waals surface area contributed by atoms with E-state index in [1.807, 2.05) is 39.0 Å². The van der Waals surface area contributed by atoms with Gasteiger partial charge in [0.15, 0.2) is 0 Å². The van der Waals surface area contributed by atoms with E-state index >= 15 is 0 Å². The molecule has 3 aromatic rings. The molecule has 0 fully saturated rings. The summed E-state index contributed by atoms with van der Waals surface area (Å²) in [6, 6.07) is 8.05. The van der Waals surface area contributed by atoms with Crippen LogP contribution in [0.2, 0.25) is 0 Å². The van der Waals surface area contributed by atoms with Gasteiger partial charge in [0.1, 0.15) is 5.65 Å². The predicted molar refractivity (Wildman–Crippen MR) is 130 cm³/mol. The van der Waals surface area contributed by atoms with Gasteiger partial charge in [0.25, 0.3) is 5.56 Å². The van der Waals surface area contributed by atoms with Crippen LogP contribution >= 0.6 is 0 Å². The van der Waals surface area contributed by atoms with Crippen molar-refractivity contribution in [1.82, 2.24) is 14.1 Å². The van der Waals surface area contributed by atoms with Gasteiger partial charge in [-0.15, -0.1) is 0 Å². The van der Waals surface area contributed by atoms with Crippen LogP contribution in [0, 0.1) is 5.92 Å². The average Bonchev–Trinajstić information content (AvgIpc) is 2.76. The topological polar surface area (TPSA) is 77.1 Å². The van der Waals surface area contributed by atoms with Crippen LogP contribution in [0.3, 0.4) is 0 Å². The number of pyridine rings is 1. The van der Waals surface area contributed by atoms with E-state index in [0.29, 0.717) is 29.6 Å². The first-order valence-corrected chi connectivity index (χ1v) is 11.6. The number of nitrogens with zero attached hydrogens (tertiary/aromatic N) is 3. The zero-order valence-corrected chi connectivity index (χ0v) is 20.1. The molecule has 172 valence electrons.